The first-order chi connectivity index (χ1) is 33.8. The fourth-order valence-corrected chi connectivity index (χ4v) is 10.8. The summed E-state index contributed by atoms with van der Waals surface area (Å²) in [6.07, 6.45) is 83.6. The van der Waals surface area contributed by atoms with Crippen LogP contribution in [0, 0.1) is 0 Å². The van der Waals surface area contributed by atoms with Gasteiger partial charge in [-0.15, -0.1) is 0 Å². The Morgan fingerprint density at radius 2 is 0.412 bits per heavy atom. The van der Waals surface area contributed by atoms with Crippen LogP contribution in [0.3, 0.4) is 0 Å². The van der Waals surface area contributed by atoms with E-state index in [9.17, 15) is 4.79 Å². The fraction of sp³-hybridized carbons (Fsp3) is 0.894. The van der Waals surface area contributed by atoms with E-state index in [2.05, 4.69) is 12.2 Å². The highest BCUT2D eigenvalue weighted by Gasteiger charge is 2.03. The van der Waals surface area contributed by atoms with Crippen molar-refractivity contribution in [1.29, 1.82) is 0 Å². The van der Waals surface area contributed by atoms with Gasteiger partial charge in [0.2, 0.25) is 5.91 Å². The maximum atomic E-state index is 12.0. The van der Waals surface area contributed by atoms with Crippen LogP contribution in [0.1, 0.15) is 379 Å². The van der Waals surface area contributed by atoms with Crippen molar-refractivity contribution >= 4 is 11.6 Å². The molecule has 0 atom stereocenters. The van der Waals surface area contributed by atoms with Crippen LogP contribution in [0.4, 0.5) is 5.69 Å². The van der Waals surface area contributed by atoms with E-state index in [1.54, 1.807) is 0 Å². The number of anilines is 1. The van der Waals surface area contributed by atoms with Crippen molar-refractivity contribution in [2.75, 3.05) is 5.32 Å². The van der Waals surface area contributed by atoms with Gasteiger partial charge in [-0.25, -0.2) is 0 Å². The van der Waals surface area contributed by atoms with Crippen molar-refractivity contribution in [3.8, 4) is 0 Å². The van der Waals surface area contributed by atoms with Crippen molar-refractivity contribution < 1.29 is 4.79 Å². The lowest BCUT2D eigenvalue weighted by molar-refractivity contribution is -0.116. The zero-order chi connectivity index (χ0) is 48.4. The summed E-state index contributed by atoms with van der Waals surface area (Å²) < 4.78 is 0. The van der Waals surface area contributed by atoms with Crippen molar-refractivity contribution in [2.45, 2.75) is 379 Å². The Labute approximate surface area is 429 Å². The molecule has 0 bridgehead atoms. The van der Waals surface area contributed by atoms with Crippen LogP contribution in [0.5, 0.6) is 0 Å². The minimum Gasteiger partial charge on any atom is -0.326 e. The topological polar surface area (TPSA) is 29.1 Å². The van der Waals surface area contributed by atoms with E-state index in [0.717, 1.165) is 12.1 Å². The van der Waals surface area contributed by atoms with Gasteiger partial charge in [0, 0.05) is 12.1 Å². The number of unbranched alkanes of at least 4 members (excludes halogenated alkanes) is 56. The van der Waals surface area contributed by atoms with E-state index in [4.69, 9.17) is 0 Å². The molecule has 0 saturated carbocycles. The zero-order valence-electron chi connectivity index (χ0n) is 46.8. The van der Waals surface area contributed by atoms with Crippen LogP contribution >= 0.6 is 0 Å². The molecule has 0 heterocycles. The number of rotatable bonds is 59. The number of nitrogens with one attached hydrogen (secondary N) is 1. The van der Waals surface area contributed by atoms with Gasteiger partial charge in [0.1, 0.15) is 0 Å². The summed E-state index contributed by atoms with van der Waals surface area (Å²) in [6.45, 7) is 2.31. The lowest BCUT2D eigenvalue weighted by atomic mass is 10.0. The largest absolute Gasteiger partial charge is 0.326 e. The Hall–Kier alpha value is -1.31. The molecule has 2 heteroatoms. The second-order valence-electron chi connectivity index (χ2n) is 22.5. The summed E-state index contributed by atoms with van der Waals surface area (Å²) in [5.74, 6) is 0.152. The maximum absolute atomic E-state index is 12.0. The zero-order valence-corrected chi connectivity index (χ0v) is 46.8. The summed E-state index contributed by atoms with van der Waals surface area (Å²) >= 11 is 0. The standard InChI is InChI=1S/C66H125NO/c1-2-3-4-5-6-7-8-9-10-11-12-13-14-15-16-17-18-19-20-21-22-23-24-25-26-27-28-29-30-31-32-33-34-35-36-37-38-39-40-41-42-43-44-45-46-47-48-49-50-51-52-53-54-55-56-57-61-64-66(68)67-65-62-59-58-60-63-65/h58-60,62-63H,2-57,61,64H2,1H3,(H,67,68). The molecular formula is C66H125NO. The van der Waals surface area contributed by atoms with E-state index in [1.165, 1.54) is 360 Å². The highest BCUT2D eigenvalue weighted by Crippen LogP contribution is 2.20. The third kappa shape index (κ3) is 54.0. The molecule has 1 amide bonds. The highest BCUT2D eigenvalue weighted by atomic mass is 16.1. The van der Waals surface area contributed by atoms with E-state index >= 15 is 0 Å². The normalized spacial score (nSPS) is 11.5. The minimum atomic E-state index is 0.152. The lowest BCUT2D eigenvalue weighted by Crippen LogP contribution is -2.10. The fourth-order valence-electron chi connectivity index (χ4n) is 10.8. The number of amides is 1. The van der Waals surface area contributed by atoms with Crippen molar-refractivity contribution in [2.24, 2.45) is 0 Å². The second kappa shape index (κ2) is 58.3. The Balaban J connectivity index is 1.60. The van der Waals surface area contributed by atoms with E-state index in [-0.39, 0.29) is 5.91 Å². The molecule has 0 aliphatic carbocycles. The Morgan fingerprint density at radius 1 is 0.250 bits per heavy atom. The van der Waals surface area contributed by atoms with Gasteiger partial charge >= 0.3 is 0 Å². The van der Waals surface area contributed by atoms with E-state index < -0.39 is 0 Å². The van der Waals surface area contributed by atoms with Crippen LogP contribution in [-0.2, 0) is 4.79 Å². The predicted octanol–water partition coefficient (Wildman–Crippen LogP) is 24.3. The molecule has 0 radical (unpaired) electrons. The van der Waals surface area contributed by atoms with E-state index in [1.807, 2.05) is 30.3 Å². The maximum Gasteiger partial charge on any atom is 0.224 e. The number of hydrogen-bond acceptors (Lipinski definition) is 1. The van der Waals surface area contributed by atoms with Gasteiger partial charge < -0.3 is 5.32 Å². The van der Waals surface area contributed by atoms with Gasteiger partial charge in [-0.05, 0) is 18.6 Å². The number of benzene rings is 1. The molecule has 0 spiro atoms. The van der Waals surface area contributed by atoms with Gasteiger partial charge in [-0.1, -0.05) is 385 Å². The second-order valence-corrected chi connectivity index (χ2v) is 22.5. The number of carbonyl (C=O) groups is 1. The van der Waals surface area contributed by atoms with E-state index in [0.29, 0.717) is 6.42 Å². The third-order valence-corrected chi connectivity index (χ3v) is 15.6. The molecule has 2 nitrogen and oxygen atoms in total. The quantitative estimate of drug-likeness (QED) is 0.0648. The summed E-state index contributed by atoms with van der Waals surface area (Å²) in [6, 6.07) is 9.81. The molecule has 0 aliphatic rings. The van der Waals surface area contributed by atoms with Crippen LogP contribution in [-0.4, -0.2) is 5.91 Å². The molecule has 0 aliphatic heterocycles. The number of carbonyl (C=O) groups excluding carboxylic acids is 1. The smallest absolute Gasteiger partial charge is 0.224 e. The molecule has 400 valence electrons. The van der Waals surface area contributed by atoms with Crippen molar-refractivity contribution in [3.05, 3.63) is 30.3 Å². The minimum absolute atomic E-state index is 0.152. The molecular weight excluding hydrogens is 823 g/mol. The first-order valence-corrected chi connectivity index (χ1v) is 32.2. The van der Waals surface area contributed by atoms with Crippen molar-refractivity contribution in [3.63, 3.8) is 0 Å². The van der Waals surface area contributed by atoms with Gasteiger partial charge in [0.05, 0.1) is 0 Å². The van der Waals surface area contributed by atoms with Crippen LogP contribution in [0.2, 0.25) is 0 Å². The van der Waals surface area contributed by atoms with Gasteiger partial charge in [-0.2, -0.15) is 0 Å². The Bertz CT molecular complexity index is 1050. The molecule has 0 fully saturated rings. The Kier molecular flexibility index (Phi) is 55.4. The molecule has 0 aromatic heterocycles. The lowest BCUT2D eigenvalue weighted by Gasteiger charge is -2.05. The van der Waals surface area contributed by atoms with Gasteiger partial charge in [0.15, 0.2) is 0 Å². The summed E-state index contributed by atoms with van der Waals surface area (Å²) in [5.41, 5.74) is 0.908. The van der Waals surface area contributed by atoms with Crippen molar-refractivity contribution in [1.82, 2.24) is 0 Å². The highest BCUT2D eigenvalue weighted by molar-refractivity contribution is 5.90. The molecule has 0 saturated heterocycles. The summed E-state index contributed by atoms with van der Waals surface area (Å²) in [7, 11) is 0. The van der Waals surface area contributed by atoms with Gasteiger partial charge in [0.25, 0.3) is 0 Å². The summed E-state index contributed by atoms with van der Waals surface area (Å²) in [5, 5.41) is 2.99. The first kappa shape index (κ1) is 64.7. The third-order valence-electron chi connectivity index (χ3n) is 15.6. The molecule has 1 aromatic carbocycles. The van der Waals surface area contributed by atoms with Crippen LogP contribution in [0.25, 0.3) is 0 Å². The average molecular weight is 949 g/mol. The molecule has 1 aromatic rings. The first-order valence-electron chi connectivity index (χ1n) is 32.2. The van der Waals surface area contributed by atoms with Crippen LogP contribution < -0.4 is 5.32 Å². The number of hydrogen-bond donors (Lipinski definition) is 1. The molecule has 0 unspecified atom stereocenters. The summed E-state index contributed by atoms with van der Waals surface area (Å²) in [4.78, 5) is 12.0. The molecule has 68 heavy (non-hydrogen) atoms. The SMILES string of the molecule is CCCCCCCCCCCCCCCCCCCCCCCCCCCCCCCCCCCCCCCCCCCCCCCCCCCCCCCCCCCC(=O)Nc1ccccc1. The van der Waals surface area contributed by atoms with Crippen LogP contribution in [0.15, 0.2) is 30.3 Å². The Morgan fingerprint density at radius 3 is 0.588 bits per heavy atom. The molecule has 1 N–H and O–H groups in total. The number of para-hydroxylation sites is 1. The average Bonchev–Trinajstić information content (AvgIpc) is 3.35. The molecule has 1 rings (SSSR count). The van der Waals surface area contributed by atoms with Gasteiger partial charge in [-0.3, -0.25) is 4.79 Å². The monoisotopic (exact) mass is 948 g/mol. The predicted molar refractivity (Wildman–Crippen MR) is 309 cm³/mol.